The Bertz CT molecular complexity index is 152. The fourth-order valence-electron chi connectivity index (χ4n) is 1.35. The number of alkyl halides is 1. The van der Waals surface area contributed by atoms with Crippen molar-refractivity contribution in [3.63, 3.8) is 0 Å². The molecule has 0 saturated carbocycles. The van der Waals surface area contributed by atoms with E-state index in [0.29, 0.717) is 13.0 Å². The summed E-state index contributed by atoms with van der Waals surface area (Å²) >= 11 is 0. The highest BCUT2D eigenvalue weighted by Crippen LogP contribution is 2.20. The highest BCUT2D eigenvalue weighted by Gasteiger charge is 2.29. The average Bonchev–Trinajstić information content (AvgIpc) is 2.13. The predicted molar refractivity (Wildman–Crippen MR) is 36.1 cm³/mol. The number of nitriles is 1. The van der Waals surface area contributed by atoms with Crippen molar-refractivity contribution in [2.45, 2.75) is 12.6 Å². The summed E-state index contributed by atoms with van der Waals surface area (Å²) in [7, 11) is 1.88. The molecule has 1 rings (SSSR count). The minimum atomic E-state index is -0.787. The number of nitrogens with zero attached hydrogens (tertiary/aromatic N) is 2. The van der Waals surface area contributed by atoms with Gasteiger partial charge in [-0.2, -0.15) is 5.26 Å². The molecular formula is C7H11FN2. The molecule has 3 heteroatoms. The fraction of sp³-hybridized carbons (Fsp3) is 0.857. The molecule has 0 radical (unpaired) electrons. The van der Waals surface area contributed by atoms with E-state index in [4.69, 9.17) is 5.26 Å². The summed E-state index contributed by atoms with van der Waals surface area (Å²) in [4.78, 5) is 1.92. The molecule has 1 aliphatic heterocycles. The number of likely N-dealkylation sites (tertiary alicyclic amines) is 1. The second-order valence-corrected chi connectivity index (χ2v) is 2.86. The van der Waals surface area contributed by atoms with E-state index in [1.54, 1.807) is 0 Å². The Labute approximate surface area is 60.2 Å². The monoisotopic (exact) mass is 142 g/mol. The maximum atomic E-state index is 12.8. The van der Waals surface area contributed by atoms with Crippen molar-refractivity contribution in [1.29, 1.82) is 5.26 Å². The van der Waals surface area contributed by atoms with Gasteiger partial charge in [0.05, 0.1) is 6.07 Å². The Kier molecular flexibility index (Phi) is 2.23. The van der Waals surface area contributed by atoms with Crippen LogP contribution in [0.5, 0.6) is 0 Å². The Balaban J connectivity index is 2.40. The zero-order valence-electron chi connectivity index (χ0n) is 6.05. The smallest absolute Gasteiger partial charge is 0.118 e. The van der Waals surface area contributed by atoms with Gasteiger partial charge in [0.1, 0.15) is 6.17 Å². The maximum Gasteiger partial charge on any atom is 0.118 e. The lowest BCUT2D eigenvalue weighted by Gasteiger charge is -2.04. The topological polar surface area (TPSA) is 27.0 Å². The van der Waals surface area contributed by atoms with Gasteiger partial charge in [-0.05, 0) is 7.05 Å². The van der Waals surface area contributed by atoms with Crippen LogP contribution in [0, 0.1) is 17.2 Å². The van der Waals surface area contributed by atoms with Crippen LogP contribution in [-0.4, -0.2) is 31.2 Å². The van der Waals surface area contributed by atoms with Crippen molar-refractivity contribution in [3.8, 4) is 6.07 Å². The molecule has 1 fully saturated rings. The quantitative estimate of drug-likeness (QED) is 0.541. The van der Waals surface area contributed by atoms with Gasteiger partial charge in [0.2, 0.25) is 0 Å². The molecule has 0 aromatic heterocycles. The number of hydrogen-bond donors (Lipinski definition) is 0. The third kappa shape index (κ3) is 1.45. The van der Waals surface area contributed by atoms with Crippen LogP contribution >= 0.6 is 0 Å². The van der Waals surface area contributed by atoms with Crippen molar-refractivity contribution in [3.05, 3.63) is 0 Å². The first-order valence-electron chi connectivity index (χ1n) is 3.43. The van der Waals surface area contributed by atoms with Crippen LogP contribution in [0.2, 0.25) is 0 Å². The van der Waals surface area contributed by atoms with Gasteiger partial charge in [0.15, 0.2) is 0 Å². The molecule has 1 heterocycles. The number of rotatable bonds is 1. The van der Waals surface area contributed by atoms with E-state index < -0.39 is 6.17 Å². The Morgan fingerprint density at radius 1 is 1.70 bits per heavy atom. The molecule has 0 aromatic rings. The third-order valence-electron chi connectivity index (χ3n) is 1.90. The highest BCUT2D eigenvalue weighted by atomic mass is 19.1. The van der Waals surface area contributed by atoms with Crippen molar-refractivity contribution in [2.24, 2.45) is 5.92 Å². The Morgan fingerprint density at radius 3 is 2.80 bits per heavy atom. The largest absolute Gasteiger partial charge is 0.303 e. The van der Waals surface area contributed by atoms with E-state index in [2.05, 4.69) is 0 Å². The van der Waals surface area contributed by atoms with Crippen LogP contribution in [0.3, 0.4) is 0 Å². The van der Waals surface area contributed by atoms with Gasteiger partial charge < -0.3 is 4.90 Å². The minimum Gasteiger partial charge on any atom is -0.303 e. The standard InChI is InChI=1S/C7H11FN2/c1-10-4-6(2-3-9)7(8)5-10/h6-7H,2,4-5H2,1H3. The summed E-state index contributed by atoms with van der Waals surface area (Å²) in [6, 6.07) is 1.99. The molecule has 0 aromatic carbocycles. The fourth-order valence-corrected chi connectivity index (χ4v) is 1.35. The third-order valence-corrected chi connectivity index (χ3v) is 1.90. The second kappa shape index (κ2) is 2.98. The first kappa shape index (κ1) is 7.49. The molecule has 1 aliphatic rings. The first-order valence-corrected chi connectivity index (χ1v) is 3.43. The van der Waals surface area contributed by atoms with Crippen LogP contribution in [-0.2, 0) is 0 Å². The van der Waals surface area contributed by atoms with Crippen LogP contribution in [0.4, 0.5) is 4.39 Å². The van der Waals surface area contributed by atoms with E-state index in [0.717, 1.165) is 6.54 Å². The van der Waals surface area contributed by atoms with Crippen LogP contribution in [0.1, 0.15) is 6.42 Å². The van der Waals surface area contributed by atoms with E-state index in [1.165, 1.54) is 0 Å². The van der Waals surface area contributed by atoms with Crippen molar-refractivity contribution < 1.29 is 4.39 Å². The van der Waals surface area contributed by atoms with Crippen LogP contribution < -0.4 is 0 Å². The summed E-state index contributed by atoms with van der Waals surface area (Å²) in [6.07, 6.45) is -0.435. The maximum absolute atomic E-state index is 12.8. The lowest BCUT2D eigenvalue weighted by Crippen LogP contribution is -2.13. The second-order valence-electron chi connectivity index (χ2n) is 2.86. The summed E-state index contributed by atoms with van der Waals surface area (Å²) in [5.41, 5.74) is 0. The lowest BCUT2D eigenvalue weighted by molar-refractivity contribution is 0.281. The molecular weight excluding hydrogens is 131 g/mol. The molecule has 56 valence electrons. The summed E-state index contributed by atoms with van der Waals surface area (Å²) in [5.74, 6) is -0.0463. The van der Waals surface area contributed by atoms with E-state index >= 15 is 0 Å². The number of halogens is 1. The van der Waals surface area contributed by atoms with Crippen molar-refractivity contribution >= 4 is 0 Å². The highest BCUT2D eigenvalue weighted by molar-refractivity contribution is 4.88. The summed E-state index contributed by atoms with van der Waals surface area (Å²) < 4.78 is 12.8. The van der Waals surface area contributed by atoms with Crippen LogP contribution in [0.15, 0.2) is 0 Å². The van der Waals surface area contributed by atoms with Gasteiger partial charge in [0.25, 0.3) is 0 Å². The first-order chi connectivity index (χ1) is 4.74. The molecule has 2 atom stereocenters. The van der Waals surface area contributed by atoms with Gasteiger partial charge in [-0.3, -0.25) is 0 Å². The van der Waals surface area contributed by atoms with E-state index in [1.807, 2.05) is 18.0 Å². The number of hydrogen-bond acceptors (Lipinski definition) is 2. The molecule has 0 spiro atoms. The van der Waals surface area contributed by atoms with Crippen molar-refractivity contribution in [2.75, 3.05) is 20.1 Å². The summed E-state index contributed by atoms with van der Waals surface area (Å²) in [5, 5.41) is 8.30. The van der Waals surface area contributed by atoms with E-state index in [9.17, 15) is 4.39 Å². The Hall–Kier alpha value is -0.620. The zero-order valence-corrected chi connectivity index (χ0v) is 6.05. The lowest BCUT2D eigenvalue weighted by atomic mass is 10.0. The predicted octanol–water partition coefficient (Wildman–Crippen LogP) is 0.800. The van der Waals surface area contributed by atoms with Crippen LogP contribution in [0.25, 0.3) is 0 Å². The molecule has 1 saturated heterocycles. The molecule has 0 amide bonds. The van der Waals surface area contributed by atoms with E-state index in [-0.39, 0.29) is 5.92 Å². The minimum absolute atomic E-state index is 0.0463. The molecule has 0 N–H and O–H groups in total. The summed E-state index contributed by atoms with van der Waals surface area (Å²) in [6.45, 7) is 1.22. The van der Waals surface area contributed by atoms with Crippen molar-refractivity contribution in [1.82, 2.24) is 4.90 Å². The van der Waals surface area contributed by atoms with Gasteiger partial charge in [-0.15, -0.1) is 0 Å². The molecule has 2 unspecified atom stereocenters. The molecule has 2 nitrogen and oxygen atoms in total. The van der Waals surface area contributed by atoms with Gasteiger partial charge >= 0.3 is 0 Å². The SMILES string of the molecule is CN1CC(F)C(CC#N)C1. The van der Waals surface area contributed by atoms with Gasteiger partial charge in [-0.25, -0.2) is 4.39 Å². The normalized spacial score (nSPS) is 34.1. The molecule has 0 bridgehead atoms. The van der Waals surface area contributed by atoms with Gasteiger partial charge in [0, 0.05) is 25.4 Å². The molecule has 10 heavy (non-hydrogen) atoms. The zero-order chi connectivity index (χ0) is 7.56. The molecule has 0 aliphatic carbocycles. The van der Waals surface area contributed by atoms with Gasteiger partial charge in [-0.1, -0.05) is 0 Å². The Morgan fingerprint density at radius 2 is 2.40 bits per heavy atom. The average molecular weight is 142 g/mol.